The van der Waals surface area contributed by atoms with Gasteiger partial charge in [-0.15, -0.1) is 11.3 Å². The highest BCUT2D eigenvalue weighted by Crippen LogP contribution is 2.27. The molecule has 0 saturated carbocycles. The van der Waals surface area contributed by atoms with Crippen LogP contribution in [0.15, 0.2) is 6.07 Å². The van der Waals surface area contributed by atoms with Crippen molar-refractivity contribution in [3.63, 3.8) is 0 Å². The molecule has 0 aromatic carbocycles. The lowest BCUT2D eigenvalue weighted by molar-refractivity contribution is 1.08. The Morgan fingerprint density at radius 2 is 2.15 bits per heavy atom. The predicted molar refractivity (Wildman–Crippen MR) is 56.6 cm³/mol. The van der Waals surface area contributed by atoms with Gasteiger partial charge < -0.3 is 0 Å². The van der Waals surface area contributed by atoms with Crippen LogP contribution in [0.4, 0.5) is 0 Å². The number of rotatable bonds is 1. The molecule has 3 nitrogen and oxygen atoms in total. The van der Waals surface area contributed by atoms with Crippen LogP contribution in [0.5, 0.6) is 0 Å². The third kappa shape index (κ3) is 1.57. The number of aromatic nitrogens is 3. The molecule has 0 fully saturated rings. The van der Waals surface area contributed by atoms with Gasteiger partial charge in [-0.25, -0.2) is 0 Å². The molecule has 5 heteroatoms. The molecule has 0 amide bonds. The Morgan fingerprint density at radius 3 is 2.62 bits per heavy atom. The van der Waals surface area contributed by atoms with Crippen molar-refractivity contribution in [3.05, 3.63) is 21.3 Å². The third-order valence-electron chi connectivity index (χ3n) is 1.90. The van der Waals surface area contributed by atoms with Gasteiger partial charge in [0.15, 0.2) is 5.82 Å². The van der Waals surface area contributed by atoms with Gasteiger partial charge in [-0.05, 0) is 37.7 Å². The van der Waals surface area contributed by atoms with Gasteiger partial charge in [0.05, 0.1) is 4.88 Å². The molecule has 0 aliphatic rings. The molecular formula is C8H9N3S2. The summed E-state index contributed by atoms with van der Waals surface area (Å²) in [7, 11) is 0. The lowest BCUT2D eigenvalue weighted by atomic mass is 10.3. The molecule has 0 unspecified atom stereocenters. The van der Waals surface area contributed by atoms with E-state index in [-0.39, 0.29) is 0 Å². The van der Waals surface area contributed by atoms with E-state index in [4.69, 9.17) is 12.2 Å². The van der Waals surface area contributed by atoms with Gasteiger partial charge in [0.25, 0.3) is 0 Å². The fraction of sp³-hybridized carbons (Fsp3) is 0.250. The Bertz CT molecular complexity index is 458. The summed E-state index contributed by atoms with van der Waals surface area (Å²) in [6.45, 7) is 4.20. The van der Waals surface area contributed by atoms with E-state index < -0.39 is 0 Å². The molecule has 0 atom stereocenters. The zero-order chi connectivity index (χ0) is 9.42. The van der Waals surface area contributed by atoms with Crippen molar-refractivity contribution in [2.45, 2.75) is 13.8 Å². The molecule has 0 bridgehead atoms. The summed E-state index contributed by atoms with van der Waals surface area (Å²) in [5, 5.41) is 5.71. The number of H-pyrrole nitrogens is 2. The Kier molecular flexibility index (Phi) is 2.05. The van der Waals surface area contributed by atoms with Gasteiger partial charge in [0.1, 0.15) is 0 Å². The Morgan fingerprint density at radius 1 is 1.38 bits per heavy atom. The molecule has 68 valence electrons. The van der Waals surface area contributed by atoms with Crippen LogP contribution in [0, 0.1) is 18.6 Å². The zero-order valence-electron chi connectivity index (χ0n) is 7.34. The second kappa shape index (κ2) is 3.08. The van der Waals surface area contributed by atoms with Crippen LogP contribution in [-0.2, 0) is 0 Å². The van der Waals surface area contributed by atoms with Crippen molar-refractivity contribution in [2.75, 3.05) is 0 Å². The van der Waals surface area contributed by atoms with Crippen molar-refractivity contribution < 1.29 is 0 Å². The van der Waals surface area contributed by atoms with Crippen LogP contribution in [-0.4, -0.2) is 15.2 Å². The maximum atomic E-state index is 4.88. The number of nitrogens with one attached hydrogen (secondary N) is 2. The van der Waals surface area contributed by atoms with E-state index in [1.807, 2.05) is 0 Å². The minimum atomic E-state index is 0.499. The van der Waals surface area contributed by atoms with Crippen LogP contribution in [0.2, 0.25) is 0 Å². The number of hydrogen-bond acceptors (Lipinski definition) is 3. The fourth-order valence-corrected chi connectivity index (χ4v) is 2.20. The number of nitrogens with zero attached hydrogens (tertiary/aromatic N) is 1. The minimum absolute atomic E-state index is 0.499. The Balaban J connectivity index is 2.52. The number of hydrogen-bond donors (Lipinski definition) is 2. The summed E-state index contributed by atoms with van der Waals surface area (Å²) in [6.07, 6.45) is 0. The molecular weight excluding hydrogens is 202 g/mol. The summed E-state index contributed by atoms with van der Waals surface area (Å²) in [4.78, 5) is 6.59. The summed E-state index contributed by atoms with van der Waals surface area (Å²) in [5.41, 5.74) is 1.29. The van der Waals surface area contributed by atoms with E-state index in [0.717, 1.165) is 10.7 Å². The van der Waals surface area contributed by atoms with Gasteiger partial charge in [0.2, 0.25) is 4.77 Å². The lowest BCUT2D eigenvalue weighted by Gasteiger charge is -1.85. The maximum Gasteiger partial charge on any atom is 0.213 e. The third-order valence-corrected chi connectivity index (χ3v) is 3.25. The van der Waals surface area contributed by atoms with Crippen molar-refractivity contribution in [3.8, 4) is 10.7 Å². The SMILES string of the molecule is Cc1cc(-c2nc(=S)[nH][nH]2)sc1C. The number of aromatic amines is 2. The molecule has 2 N–H and O–H groups in total. The first-order valence-electron chi connectivity index (χ1n) is 3.89. The average Bonchev–Trinajstić information content (AvgIpc) is 2.61. The van der Waals surface area contributed by atoms with Crippen molar-refractivity contribution in [1.29, 1.82) is 0 Å². The van der Waals surface area contributed by atoms with Crippen LogP contribution in [0.25, 0.3) is 10.7 Å². The van der Waals surface area contributed by atoms with Crippen molar-refractivity contribution in [1.82, 2.24) is 15.2 Å². The zero-order valence-corrected chi connectivity index (χ0v) is 8.97. The quantitative estimate of drug-likeness (QED) is 0.712. The molecule has 0 spiro atoms. The molecule has 0 radical (unpaired) electrons. The first-order chi connectivity index (χ1) is 6.16. The van der Waals surface area contributed by atoms with Gasteiger partial charge in [0, 0.05) is 4.88 Å². The maximum absolute atomic E-state index is 4.88. The highest BCUT2D eigenvalue weighted by Gasteiger charge is 2.06. The summed E-state index contributed by atoms with van der Waals surface area (Å²) in [6, 6.07) is 2.11. The molecule has 0 aliphatic carbocycles. The highest BCUT2D eigenvalue weighted by molar-refractivity contribution is 7.71. The molecule has 2 heterocycles. The van der Waals surface area contributed by atoms with E-state index in [9.17, 15) is 0 Å². The van der Waals surface area contributed by atoms with Crippen LogP contribution in [0.1, 0.15) is 10.4 Å². The normalized spacial score (nSPS) is 10.6. The fourth-order valence-electron chi connectivity index (χ4n) is 1.08. The topological polar surface area (TPSA) is 44.5 Å². The largest absolute Gasteiger partial charge is 0.281 e. The van der Waals surface area contributed by atoms with E-state index in [1.54, 1.807) is 11.3 Å². The molecule has 2 aromatic rings. The van der Waals surface area contributed by atoms with Crippen LogP contribution >= 0.6 is 23.6 Å². The predicted octanol–water partition coefficient (Wildman–Crippen LogP) is 2.81. The first kappa shape index (κ1) is 8.65. The first-order valence-corrected chi connectivity index (χ1v) is 5.11. The van der Waals surface area contributed by atoms with E-state index in [1.165, 1.54) is 10.4 Å². The lowest BCUT2D eigenvalue weighted by Crippen LogP contribution is -1.73. The summed E-state index contributed by atoms with van der Waals surface area (Å²) in [5.74, 6) is 0.825. The van der Waals surface area contributed by atoms with Crippen molar-refractivity contribution in [2.24, 2.45) is 0 Å². The second-order valence-corrected chi connectivity index (χ2v) is 4.51. The molecule has 2 aromatic heterocycles. The molecule has 0 aliphatic heterocycles. The Labute approximate surface area is 84.8 Å². The van der Waals surface area contributed by atoms with Gasteiger partial charge in [-0.1, -0.05) is 0 Å². The summed E-state index contributed by atoms with van der Waals surface area (Å²) >= 11 is 6.60. The van der Waals surface area contributed by atoms with Gasteiger partial charge >= 0.3 is 0 Å². The van der Waals surface area contributed by atoms with Crippen LogP contribution in [0.3, 0.4) is 0 Å². The van der Waals surface area contributed by atoms with E-state index in [0.29, 0.717) is 4.77 Å². The standard InChI is InChI=1S/C8H9N3S2/c1-4-3-6(13-5(4)2)7-9-8(12)11-10-7/h3H,1-2H3,(H2,9,10,11,12). The minimum Gasteiger partial charge on any atom is -0.281 e. The highest BCUT2D eigenvalue weighted by atomic mass is 32.1. The second-order valence-electron chi connectivity index (χ2n) is 2.87. The number of thiophene rings is 1. The number of aryl methyl sites for hydroxylation is 2. The van der Waals surface area contributed by atoms with Gasteiger partial charge in [-0.3, -0.25) is 10.2 Å². The monoisotopic (exact) mass is 211 g/mol. The molecule has 0 saturated heterocycles. The summed E-state index contributed by atoms with van der Waals surface area (Å²) < 4.78 is 0.499. The van der Waals surface area contributed by atoms with E-state index >= 15 is 0 Å². The average molecular weight is 211 g/mol. The Hall–Kier alpha value is -0.940. The smallest absolute Gasteiger partial charge is 0.213 e. The van der Waals surface area contributed by atoms with E-state index in [2.05, 4.69) is 35.1 Å². The molecule has 2 rings (SSSR count). The molecule has 13 heavy (non-hydrogen) atoms. The van der Waals surface area contributed by atoms with Crippen LogP contribution < -0.4 is 0 Å². The van der Waals surface area contributed by atoms with Gasteiger partial charge in [-0.2, -0.15) is 4.98 Å². The van der Waals surface area contributed by atoms with Crippen molar-refractivity contribution >= 4 is 23.6 Å².